The van der Waals surface area contributed by atoms with Crippen LogP contribution in [0.2, 0.25) is 0 Å². The summed E-state index contributed by atoms with van der Waals surface area (Å²) < 4.78 is 18.0. The molecule has 0 amide bonds. The first-order valence-electron chi connectivity index (χ1n) is 5.76. The predicted molar refractivity (Wildman–Crippen MR) is 59.7 cm³/mol. The smallest absolute Gasteiger partial charge is 0.123 e. The van der Waals surface area contributed by atoms with Gasteiger partial charge in [-0.3, -0.25) is 0 Å². The van der Waals surface area contributed by atoms with Crippen LogP contribution in [0, 0.1) is 11.7 Å². The molecule has 0 spiro atoms. The van der Waals surface area contributed by atoms with E-state index in [1.54, 1.807) is 12.1 Å². The highest BCUT2D eigenvalue weighted by Crippen LogP contribution is 2.21. The van der Waals surface area contributed by atoms with Crippen LogP contribution >= 0.6 is 0 Å². The lowest BCUT2D eigenvalue weighted by atomic mass is 9.90. The largest absolute Gasteiger partial charge is 0.392 e. The Hall–Kier alpha value is -0.930. The highest BCUT2D eigenvalue weighted by Gasteiger charge is 2.22. The minimum absolute atomic E-state index is 0.232. The van der Waals surface area contributed by atoms with E-state index >= 15 is 0 Å². The molecule has 3 heteroatoms. The van der Waals surface area contributed by atoms with Crippen molar-refractivity contribution in [3.05, 3.63) is 35.6 Å². The number of aliphatic hydroxyl groups is 1. The van der Waals surface area contributed by atoms with Gasteiger partial charge in [0.2, 0.25) is 0 Å². The van der Waals surface area contributed by atoms with Gasteiger partial charge in [0.25, 0.3) is 0 Å². The molecule has 0 aliphatic carbocycles. The molecule has 1 heterocycles. The van der Waals surface area contributed by atoms with E-state index in [9.17, 15) is 9.50 Å². The van der Waals surface area contributed by atoms with E-state index in [0.717, 1.165) is 31.6 Å². The van der Waals surface area contributed by atoms with Crippen molar-refractivity contribution in [2.24, 2.45) is 5.92 Å². The van der Waals surface area contributed by atoms with Crippen LogP contribution in [0.1, 0.15) is 18.4 Å². The topological polar surface area (TPSA) is 29.5 Å². The van der Waals surface area contributed by atoms with Crippen molar-refractivity contribution in [2.45, 2.75) is 25.4 Å². The quantitative estimate of drug-likeness (QED) is 0.852. The summed E-state index contributed by atoms with van der Waals surface area (Å²) >= 11 is 0. The van der Waals surface area contributed by atoms with Crippen molar-refractivity contribution in [3.8, 4) is 0 Å². The molecular weight excluding hydrogens is 207 g/mol. The summed E-state index contributed by atoms with van der Waals surface area (Å²) in [7, 11) is 0. The molecule has 1 N–H and O–H groups in total. The van der Waals surface area contributed by atoms with Gasteiger partial charge in [-0.1, -0.05) is 12.1 Å². The van der Waals surface area contributed by atoms with Crippen molar-refractivity contribution in [1.82, 2.24) is 0 Å². The lowest BCUT2D eigenvalue weighted by Crippen LogP contribution is -2.28. The van der Waals surface area contributed by atoms with E-state index < -0.39 is 0 Å². The highest BCUT2D eigenvalue weighted by molar-refractivity contribution is 5.17. The maximum Gasteiger partial charge on any atom is 0.123 e. The zero-order chi connectivity index (χ0) is 11.4. The molecule has 0 radical (unpaired) electrons. The molecule has 1 aromatic carbocycles. The van der Waals surface area contributed by atoms with Gasteiger partial charge in [-0.2, -0.15) is 0 Å². The van der Waals surface area contributed by atoms with E-state index in [0.29, 0.717) is 12.3 Å². The Morgan fingerprint density at radius 3 is 2.50 bits per heavy atom. The molecule has 16 heavy (non-hydrogen) atoms. The third-order valence-corrected chi connectivity index (χ3v) is 3.17. The van der Waals surface area contributed by atoms with E-state index in [1.165, 1.54) is 12.1 Å². The van der Waals surface area contributed by atoms with Gasteiger partial charge in [-0.15, -0.1) is 0 Å². The maximum absolute atomic E-state index is 12.7. The van der Waals surface area contributed by atoms with Gasteiger partial charge in [-0.05, 0) is 42.9 Å². The third-order valence-electron chi connectivity index (χ3n) is 3.17. The van der Waals surface area contributed by atoms with E-state index in [1.807, 2.05) is 0 Å². The number of aliphatic hydroxyl groups excluding tert-OH is 1. The highest BCUT2D eigenvalue weighted by atomic mass is 19.1. The summed E-state index contributed by atoms with van der Waals surface area (Å²) in [4.78, 5) is 0. The van der Waals surface area contributed by atoms with Crippen molar-refractivity contribution in [2.75, 3.05) is 13.2 Å². The van der Waals surface area contributed by atoms with Crippen LogP contribution in [0.4, 0.5) is 4.39 Å². The number of benzene rings is 1. The van der Waals surface area contributed by atoms with Crippen LogP contribution in [-0.4, -0.2) is 24.4 Å². The van der Waals surface area contributed by atoms with Gasteiger partial charge in [0.15, 0.2) is 0 Å². The number of hydrogen-bond acceptors (Lipinski definition) is 2. The lowest BCUT2D eigenvalue weighted by molar-refractivity contribution is 0.00839. The molecule has 2 rings (SSSR count). The fourth-order valence-corrected chi connectivity index (χ4v) is 2.13. The zero-order valence-electron chi connectivity index (χ0n) is 9.23. The van der Waals surface area contributed by atoms with Crippen LogP contribution < -0.4 is 0 Å². The number of ether oxygens (including phenoxy) is 1. The standard InChI is InChI=1S/C13H17FO2/c14-12-3-1-10(2-4-12)9-13(15)11-5-7-16-8-6-11/h1-4,11,13,15H,5-9H2. The van der Waals surface area contributed by atoms with Crippen LogP contribution in [0.3, 0.4) is 0 Å². The van der Waals surface area contributed by atoms with Crippen LogP contribution in [0.15, 0.2) is 24.3 Å². The van der Waals surface area contributed by atoms with E-state index in [-0.39, 0.29) is 11.9 Å². The Labute approximate surface area is 95.1 Å². The predicted octanol–water partition coefficient (Wildman–Crippen LogP) is 2.16. The van der Waals surface area contributed by atoms with Crippen molar-refractivity contribution in [3.63, 3.8) is 0 Å². The van der Waals surface area contributed by atoms with Gasteiger partial charge >= 0.3 is 0 Å². The Bertz CT molecular complexity index is 317. The number of hydrogen-bond donors (Lipinski definition) is 1. The Morgan fingerprint density at radius 1 is 1.25 bits per heavy atom. The summed E-state index contributed by atoms with van der Waals surface area (Å²) in [5.74, 6) is 0.0862. The van der Waals surface area contributed by atoms with Crippen molar-refractivity contribution in [1.29, 1.82) is 0 Å². The molecule has 88 valence electrons. The second kappa shape index (κ2) is 5.41. The monoisotopic (exact) mass is 224 g/mol. The normalized spacial score (nSPS) is 19.6. The molecule has 1 fully saturated rings. The molecule has 1 unspecified atom stereocenters. The summed E-state index contributed by atoms with van der Waals surface area (Å²) in [6, 6.07) is 6.34. The minimum atomic E-state index is -0.339. The minimum Gasteiger partial charge on any atom is -0.392 e. The lowest BCUT2D eigenvalue weighted by Gasteiger charge is -2.26. The maximum atomic E-state index is 12.7. The fourth-order valence-electron chi connectivity index (χ4n) is 2.13. The Balaban J connectivity index is 1.90. The van der Waals surface area contributed by atoms with Gasteiger partial charge < -0.3 is 9.84 Å². The Kier molecular flexibility index (Phi) is 3.91. The molecule has 0 saturated carbocycles. The first kappa shape index (κ1) is 11.6. The first-order valence-corrected chi connectivity index (χ1v) is 5.76. The second-order valence-electron chi connectivity index (χ2n) is 4.35. The molecule has 1 aromatic rings. The number of rotatable bonds is 3. The molecule has 2 nitrogen and oxygen atoms in total. The molecular formula is C13H17FO2. The molecule has 0 bridgehead atoms. The Morgan fingerprint density at radius 2 is 1.88 bits per heavy atom. The second-order valence-corrected chi connectivity index (χ2v) is 4.35. The average Bonchev–Trinajstić information content (AvgIpc) is 2.33. The fraction of sp³-hybridized carbons (Fsp3) is 0.538. The summed E-state index contributed by atoms with van der Waals surface area (Å²) in [5, 5.41) is 10.0. The molecule has 1 aliphatic rings. The van der Waals surface area contributed by atoms with Crippen molar-refractivity contribution < 1.29 is 14.2 Å². The summed E-state index contributed by atoms with van der Waals surface area (Å²) in [5.41, 5.74) is 0.986. The van der Waals surface area contributed by atoms with Gasteiger partial charge in [0.05, 0.1) is 6.10 Å². The van der Waals surface area contributed by atoms with Crippen LogP contribution in [0.5, 0.6) is 0 Å². The van der Waals surface area contributed by atoms with Crippen molar-refractivity contribution >= 4 is 0 Å². The zero-order valence-corrected chi connectivity index (χ0v) is 9.23. The molecule has 1 saturated heterocycles. The summed E-state index contributed by atoms with van der Waals surface area (Å²) in [6.45, 7) is 1.48. The molecule has 1 aliphatic heterocycles. The van der Waals surface area contributed by atoms with E-state index in [2.05, 4.69) is 0 Å². The molecule has 0 aromatic heterocycles. The van der Waals surface area contributed by atoms with Crippen LogP contribution in [-0.2, 0) is 11.2 Å². The first-order chi connectivity index (χ1) is 7.75. The third kappa shape index (κ3) is 3.03. The molecule has 1 atom stereocenters. The van der Waals surface area contributed by atoms with Crippen LogP contribution in [0.25, 0.3) is 0 Å². The van der Waals surface area contributed by atoms with Gasteiger partial charge in [-0.25, -0.2) is 4.39 Å². The number of halogens is 1. The average molecular weight is 224 g/mol. The SMILES string of the molecule is OC(Cc1ccc(F)cc1)C1CCOCC1. The summed E-state index contributed by atoms with van der Waals surface area (Å²) in [6.07, 6.45) is 2.10. The van der Waals surface area contributed by atoms with Gasteiger partial charge in [0.1, 0.15) is 5.82 Å². The van der Waals surface area contributed by atoms with Gasteiger partial charge in [0, 0.05) is 13.2 Å². The van der Waals surface area contributed by atoms with E-state index in [4.69, 9.17) is 4.74 Å².